The van der Waals surface area contributed by atoms with Gasteiger partial charge in [0.25, 0.3) is 0 Å². The van der Waals surface area contributed by atoms with Crippen molar-refractivity contribution < 1.29 is 18.3 Å². The van der Waals surface area contributed by atoms with Crippen LogP contribution in [0.25, 0.3) is 11.1 Å². The summed E-state index contributed by atoms with van der Waals surface area (Å²) in [6.07, 6.45) is 1.47. The van der Waals surface area contributed by atoms with Crippen LogP contribution in [0.1, 0.15) is 11.6 Å². The average Bonchev–Trinajstić information content (AvgIpc) is 2.57. The van der Waals surface area contributed by atoms with E-state index in [1.165, 1.54) is 12.3 Å². The molecular weight excluding hydrogens is 318 g/mol. The molecule has 0 radical (unpaired) electrons. The van der Waals surface area contributed by atoms with Crippen LogP contribution < -0.4 is 21.1 Å². The molecule has 3 rings (SSSR count). The van der Waals surface area contributed by atoms with E-state index in [1.807, 2.05) is 12.1 Å². The molecule has 2 heterocycles. The van der Waals surface area contributed by atoms with Gasteiger partial charge in [0.05, 0.1) is 0 Å². The zero-order valence-electron chi connectivity index (χ0n) is 12.6. The number of carbonyl (C=O) groups is 1. The van der Waals surface area contributed by atoms with Gasteiger partial charge in [0, 0.05) is 24.8 Å². The standard InChI is InChI=1S/C16H16F2N4O2/c17-16(18)24-12-7-11(8-22-14(12)19)9-2-1-3-10(6-9)13-15(23)21-5-4-20-13/h1-3,6-8,13,16,20H,4-5H2,(H2,19,22)(H,21,23). The number of nitrogens with one attached hydrogen (secondary N) is 2. The highest BCUT2D eigenvalue weighted by atomic mass is 19.3. The van der Waals surface area contributed by atoms with Crippen LogP contribution in [-0.2, 0) is 4.79 Å². The third-order valence-corrected chi connectivity index (χ3v) is 3.69. The van der Waals surface area contributed by atoms with E-state index < -0.39 is 12.7 Å². The number of benzene rings is 1. The van der Waals surface area contributed by atoms with Crippen molar-refractivity contribution in [3.8, 4) is 16.9 Å². The Bertz CT molecular complexity index is 755. The lowest BCUT2D eigenvalue weighted by atomic mass is 9.99. The molecule has 1 atom stereocenters. The number of amides is 1. The maximum absolute atomic E-state index is 12.4. The molecule has 1 unspecified atom stereocenters. The third-order valence-electron chi connectivity index (χ3n) is 3.69. The highest BCUT2D eigenvalue weighted by Gasteiger charge is 2.23. The van der Waals surface area contributed by atoms with Gasteiger partial charge in [-0.3, -0.25) is 4.79 Å². The number of pyridine rings is 1. The Labute approximate surface area is 137 Å². The first-order valence-corrected chi connectivity index (χ1v) is 7.36. The summed E-state index contributed by atoms with van der Waals surface area (Å²) in [5, 5.41) is 5.93. The fourth-order valence-electron chi connectivity index (χ4n) is 2.57. The van der Waals surface area contributed by atoms with Crippen LogP contribution >= 0.6 is 0 Å². The van der Waals surface area contributed by atoms with E-state index in [0.717, 1.165) is 11.1 Å². The van der Waals surface area contributed by atoms with E-state index in [0.29, 0.717) is 18.7 Å². The predicted octanol–water partition coefficient (Wildman–Crippen LogP) is 1.69. The van der Waals surface area contributed by atoms with Crippen molar-refractivity contribution in [3.05, 3.63) is 42.1 Å². The fraction of sp³-hybridized carbons (Fsp3) is 0.250. The van der Waals surface area contributed by atoms with Crippen molar-refractivity contribution in [2.45, 2.75) is 12.7 Å². The van der Waals surface area contributed by atoms with Gasteiger partial charge >= 0.3 is 6.61 Å². The summed E-state index contributed by atoms with van der Waals surface area (Å²) < 4.78 is 29.2. The molecule has 1 aromatic heterocycles. The molecule has 1 aliphatic rings. The summed E-state index contributed by atoms with van der Waals surface area (Å²) >= 11 is 0. The molecule has 0 aliphatic carbocycles. The van der Waals surface area contributed by atoms with Crippen molar-refractivity contribution in [3.63, 3.8) is 0 Å². The van der Waals surface area contributed by atoms with Crippen LogP contribution in [0.4, 0.5) is 14.6 Å². The second-order valence-corrected chi connectivity index (χ2v) is 5.29. The quantitative estimate of drug-likeness (QED) is 0.792. The average molecular weight is 334 g/mol. The first kappa shape index (κ1) is 16.1. The molecule has 8 heteroatoms. The molecule has 24 heavy (non-hydrogen) atoms. The van der Waals surface area contributed by atoms with E-state index in [2.05, 4.69) is 20.4 Å². The Morgan fingerprint density at radius 2 is 2.08 bits per heavy atom. The predicted molar refractivity (Wildman–Crippen MR) is 84.5 cm³/mol. The number of nitrogens with two attached hydrogens (primary N) is 1. The number of aromatic nitrogens is 1. The zero-order chi connectivity index (χ0) is 17.1. The van der Waals surface area contributed by atoms with Crippen LogP contribution in [0.15, 0.2) is 36.5 Å². The lowest BCUT2D eigenvalue weighted by molar-refractivity contribution is -0.124. The van der Waals surface area contributed by atoms with E-state index >= 15 is 0 Å². The molecule has 1 aliphatic heterocycles. The molecule has 2 aromatic rings. The van der Waals surface area contributed by atoms with Crippen molar-refractivity contribution in [1.82, 2.24) is 15.6 Å². The number of piperazine rings is 1. The number of hydrogen-bond acceptors (Lipinski definition) is 5. The summed E-state index contributed by atoms with van der Waals surface area (Å²) in [6.45, 7) is -1.72. The highest BCUT2D eigenvalue weighted by molar-refractivity contribution is 5.84. The normalized spacial score (nSPS) is 17.6. The summed E-state index contributed by atoms with van der Waals surface area (Å²) in [5.74, 6) is -0.388. The number of alkyl halides is 2. The molecule has 0 bridgehead atoms. The number of anilines is 1. The molecule has 0 saturated carbocycles. The monoisotopic (exact) mass is 334 g/mol. The van der Waals surface area contributed by atoms with Gasteiger partial charge < -0.3 is 21.1 Å². The molecule has 1 saturated heterocycles. The van der Waals surface area contributed by atoms with Crippen molar-refractivity contribution >= 4 is 11.7 Å². The maximum Gasteiger partial charge on any atom is 0.387 e. The van der Waals surface area contributed by atoms with Crippen LogP contribution in [0.5, 0.6) is 5.75 Å². The number of ether oxygens (including phenoxy) is 1. The molecule has 6 nitrogen and oxygen atoms in total. The Kier molecular flexibility index (Phi) is 4.57. The Morgan fingerprint density at radius 3 is 2.83 bits per heavy atom. The highest BCUT2D eigenvalue weighted by Crippen LogP contribution is 2.29. The Morgan fingerprint density at radius 1 is 1.25 bits per heavy atom. The second-order valence-electron chi connectivity index (χ2n) is 5.29. The topological polar surface area (TPSA) is 89.3 Å². The van der Waals surface area contributed by atoms with Gasteiger partial charge in [0.1, 0.15) is 6.04 Å². The van der Waals surface area contributed by atoms with E-state index in [1.54, 1.807) is 12.1 Å². The molecule has 126 valence electrons. The fourth-order valence-corrected chi connectivity index (χ4v) is 2.57. The van der Waals surface area contributed by atoms with Gasteiger partial charge in [0.2, 0.25) is 5.91 Å². The van der Waals surface area contributed by atoms with Gasteiger partial charge in [-0.25, -0.2) is 4.98 Å². The van der Waals surface area contributed by atoms with Crippen molar-refractivity contribution in [1.29, 1.82) is 0 Å². The summed E-state index contributed by atoms with van der Waals surface area (Å²) in [7, 11) is 0. The maximum atomic E-state index is 12.4. The lowest BCUT2D eigenvalue weighted by Crippen LogP contribution is -2.47. The first-order valence-electron chi connectivity index (χ1n) is 7.36. The summed E-state index contributed by atoms with van der Waals surface area (Å²) in [4.78, 5) is 15.8. The van der Waals surface area contributed by atoms with Gasteiger partial charge in [0.15, 0.2) is 11.6 Å². The molecule has 1 fully saturated rings. The molecule has 1 amide bonds. The SMILES string of the molecule is Nc1ncc(-c2cccc(C3NCCNC3=O)c2)cc1OC(F)F. The van der Waals surface area contributed by atoms with Crippen molar-refractivity contribution in [2.24, 2.45) is 0 Å². The number of hydrogen-bond donors (Lipinski definition) is 3. The second kappa shape index (κ2) is 6.79. The van der Waals surface area contributed by atoms with E-state index in [-0.39, 0.29) is 17.5 Å². The van der Waals surface area contributed by atoms with Crippen LogP contribution in [0.3, 0.4) is 0 Å². The van der Waals surface area contributed by atoms with Crippen LogP contribution in [-0.4, -0.2) is 30.6 Å². The lowest BCUT2D eigenvalue weighted by Gasteiger charge is -2.24. The van der Waals surface area contributed by atoms with Crippen molar-refractivity contribution in [2.75, 3.05) is 18.8 Å². The minimum Gasteiger partial charge on any atom is -0.431 e. The van der Waals surface area contributed by atoms with Gasteiger partial charge in [-0.2, -0.15) is 8.78 Å². The summed E-state index contributed by atoms with van der Waals surface area (Å²) in [5.41, 5.74) is 7.61. The smallest absolute Gasteiger partial charge is 0.387 e. The molecule has 4 N–H and O–H groups in total. The molecule has 0 spiro atoms. The minimum atomic E-state index is -2.98. The number of halogens is 2. The Hall–Kier alpha value is -2.74. The van der Waals surface area contributed by atoms with Crippen LogP contribution in [0, 0.1) is 0 Å². The zero-order valence-corrected chi connectivity index (χ0v) is 12.6. The van der Waals surface area contributed by atoms with Gasteiger partial charge in [-0.1, -0.05) is 18.2 Å². The van der Waals surface area contributed by atoms with E-state index in [9.17, 15) is 13.6 Å². The minimum absolute atomic E-state index is 0.101. The van der Waals surface area contributed by atoms with Gasteiger partial charge in [-0.05, 0) is 23.3 Å². The van der Waals surface area contributed by atoms with Gasteiger partial charge in [-0.15, -0.1) is 0 Å². The Balaban J connectivity index is 1.92. The molecule has 1 aromatic carbocycles. The molecular formula is C16H16F2N4O2. The summed E-state index contributed by atoms with van der Waals surface area (Å²) in [6, 6.07) is 8.18. The number of carbonyl (C=O) groups excluding carboxylic acids is 1. The first-order chi connectivity index (χ1) is 11.5. The number of rotatable bonds is 4. The number of nitrogen functional groups attached to an aromatic ring is 1. The largest absolute Gasteiger partial charge is 0.431 e. The van der Waals surface area contributed by atoms with Crippen LogP contribution in [0.2, 0.25) is 0 Å². The number of nitrogens with zero attached hydrogens (tertiary/aromatic N) is 1. The third kappa shape index (κ3) is 3.43. The van der Waals surface area contributed by atoms with E-state index in [4.69, 9.17) is 5.73 Å².